The number of aliphatic hydroxyl groups excluding tert-OH is 1. The molecule has 1 fully saturated rings. The minimum atomic E-state index is -0.157. The second-order valence-corrected chi connectivity index (χ2v) is 5.92. The summed E-state index contributed by atoms with van der Waals surface area (Å²) in [6.45, 7) is 4.14. The minimum absolute atomic E-state index is 0.157. The van der Waals surface area contributed by atoms with Gasteiger partial charge in [-0.25, -0.2) is 0 Å². The number of rotatable bonds is 4. The summed E-state index contributed by atoms with van der Waals surface area (Å²) in [5.74, 6) is 0.739. The van der Waals surface area contributed by atoms with E-state index < -0.39 is 0 Å². The first kappa shape index (κ1) is 12.9. The lowest BCUT2D eigenvalue weighted by Crippen LogP contribution is -2.19. The van der Waals surface area contributed by atoms with Gasteiger partial charge in [0, 0.05) is 23.2 Å². The third kappa shape index (κ3) is 3.71. The molecule has 2 nitrogen and oxygen atoms in total. The van der Waals surface area contributed by atoms with Crippen molar-refractivity contribution in [3.8, 4) is 0 Å². The van der Waals surface area contributed by atoms with Gasteiger partial charge in [-0.1, -0.05) is 22.0 Å². The van der Waals surface area contributed by atoms with E-state index in [2.05, 4.69) is 45.1 Å². The fourth-order valence-corrected chi connectivity index (χ4v) is 2.84. The highest BCUT2D eigenvalue weighted by molar-refractivity contribution is 9.10. The molecule has 1 aliphatic heterocycles. The number of halogens is 1. The first-order chi connectivity index (χ1) is 8.15. The molecule has 3 heteroatoms. The molecule has 0 saturated carbocycles. The third-order valence-corrected chi connectivity index (χ3v) is 3.95. The molecule has 0 amide bonds. The van der Waals surface area contributed by atoms with Crippen LogP contribution in [0.2, 0.25) is 0 Å². The monoisotopic (exact) mass is 297 g/mol. The van der Waals surface area contributed by atoms with Crippen LogP contribution in [0, 0.1) is 5.92 Å². The Morgan fingerprint density at radius 2 is 2.35 bits per heavy atom. The fraction of sp³-hybridized carbons (Fsp3) is 0.571. The molecule has 0 bridgehead atoms. The van der Waals surface area contributed by atoms with Crippen molar-refractivity contribution in [1.82, 2.24) is 0 Å². The van der Waals surface area contributed by atoms with Crippen LogP contribution >= 0.6 is 15.9 Å². The van der Waals surface area contributed by atoms with Crippen molar-refractivity contribution >= 4 is 21.6 Å². The zero-order chi connectivity index (χ0) is 12.3. The Kier molecular flexibility index (Phi) is 4.46. The molecule has 1 aromatic carbocycles. The van der Waals surface area contributed by atoms with Crippen LogP contribution in [0.5, 0.6) is 0 Å². The second kappa shape index (κ2) is 5.87. The van der Waals surface area contributed by atoms with E-state index in [1.165, 1.54) is 12.1 Å². The Hall–Kier alpha value is -0.540. The van der Waals surface area contributed by atoms with Crippen molar-refractivity contribution < 1.29 is 5.11 Å². The highest BCUT2D eigenvalue weighted by Gasteiger charge is 2.22. The van der Waals surface area contributed by atoms with Crippen LogP contribution in [0.25, 0.3) is 0 Å². The molecule has 17 heavy (non-hydrogen) atoms. The van der Waals surface area contributed by atoms with Crippen molar-refractivity contribution in [3.05, 3.63) is 28.7 Å². The standard InChI is InChI=1S/C14H20BrNO/c1-11(17)5-6-12-7-8-16(10-12)14-4-2-3-13(15)9-14/h2-4,9,11-12,17H,5-8,10H2,1H3. The summed E-state index contributed by atoms with van der Waals surface area (Å²) in [6, 6.07) is 8.49. The molecule has 0 radical (unpaired) electrons. The van der Waals surface area contributed by atoms with E-state index in [1.54, 1.807) is 0 Å². The Morgan fingerprint density at radius 3 is 3.06 bits per heavy atom. The second-order valence-electron chi connectivity index (χ2n) is 5.01. The van der Waals surface area contributed by atoms with Crippen molar-refractivity contribution in [3.63, 3.8) is 0 Å². The summed E-state index contributed by atoms with van der Waals surface area (Å²) in [5, 5.41) is 9.31. The maximum Gasteiger partial charge on any atom is 0.0512 e. The molecule has 2 unspecified atom stereocenters. The van der Waals surface area contributed by atoms with Gasteiger partial charge in [0.2, 0.25) is 0 Å². The Bertz CT molecular complexity index is 367. The van der Waals surface area contributed by atoms with Gasteiger partial charge in [-0.05, 0) is 50.3 Å². The maximum atomic E-state index is 9.31. The molecule has 1 aromatic rings. The number of hydrogen-bond donors (Lipinski definition) is 1. The maximum absolute atomic E-state index is 9.31. The lowest BCUT2D eigenvalue weighted by atomic mass is 10.0. The summed E-state index contributed by atoms with van der Waals surface area (Å²) >= 11 is 3.51. The number of hydrogen-bond acceptors (Lipinski definition) is 2. The molecule has 94 valence electrons. The molecule has 1 saturated heterocycles. The third-order valence-electron chi connectivity index (χ3n) is 3.45. The van der Waals surface area contributed by atoms with Crippen LogP contribution in [0.1, 0.15) is 26.2 Å². The zero-order valence-corrected chi connectivity index (χ0v) is 11.9. The molecule has 0 aromatic heterocycles. The average Bonchev–Trinajstić information content (AvgIpc) is 2.75. The molecule has 0 spiro atoms. The largest absolute Gasteiger partial charge is 0.393 e. The molecule has 2 rings (SSSR count). The normalized spacial score (nSPS) is 21.8. The summed E-state index contributed by atoms with van der Waals surface area (Å²) < 4.78 is 1.14. The van der Waals surface area contributed by atoms with E-state index in [0.29, 0.717) is 0 Å². The average molecular weight is 298 g/mol. The summed E-state index contributed by atoms with van der Waals surface area (Å²) in [5.41, 5.74) is 1.30. The Balaban J connectivity index is 1.89. The van der Waals surface area contributed by atoms with E-state index in [4.69, 9.17) is 0 Å². The van der Waals surface area contributed by atoms with Crippen LogP contribution in [-0.2, 0) is 0 Å². The predicted molar refractivity (Wildman–Crippen MR) is 75.4 cm³/mol. The van der Waals surface area contributed by atoms with E-state index in [9.17, 15) is 5.11 Å². The molecule has 1 heterocycles. The Morgan fingerprint density at radius 1 is 1.53 bits per heavy atom. The minimum Gasteiger partial charge on any atom is -0.393 e. The van der Waals surface area contributed by atoms with Gasteiger partial charge in [0.25, 0.3) is 0 Å². The summed E-state index contributed by atoms with van der Waals surface area (Å²) in [7, 11) is 0. The number of nitrogens with zero attached hydrogens (tertiary/aromatic N) is 1. The zero-order valence-electron chi connectivity index (χ0n) is 10.3. The van der Waals surface area contributed by atoms with Crippen molar-refractivity contribution in [2.45, 2.75) is 32.3 Å². The summed E-state index contributed by atoms with van der Waals surface area (Å²) in [4.78, 5) is 2.44. The fourth-order valence-electron chi connectivity index (χ4n) is 2.45. The quantitative estimate of drug-likeness (QED) is 0.920. The molecular weight excluding hydrogens is 278 g/mol. The predicted octanol–water partition coefficient (Wildman–Crippen LogP) is 3.44. The van der Waals surface area contributed by atoms with Gasteiger partial charge in [-0.2, -0.15) is 0 Å². The molecule has 1 N–H and O–H groups in total. The lowest BCUT2D eigenvalue weighted by molar-refractivity contribution is 0.175. The molecular formula is C14H20BrNO. The van der Waals surface area contributed by atoms with Crippen LogP contribution in [0.4, 0.5) is 5.69 Å². The topological polar surface area (TPSA) is 23.5 Å². The molecule has 1 aliphatic rings. The van der Waals surface area contributed by atoms with E-state index in [0.717, 1.165) is 36.3 Å². The van der Waals surface area contributed by atoms with Gasteiger partial charge in [0.1, 0.15) is 0 Å². The van der Waals surface area contributed by atoms with Crippen LogP contribution in [0.3, 0.4) is 0 Å². The highest BCUT2D eigenvalue weighted by atomic mass is 79.9. The summed E-state index contributed by atoms with van der Waals surface area (Å²) in [6.07, 6.45) is 3.16. The van der Waals surface area contributed by atoms with Crippen molar-refractivity contribution in [2.75, 3.05) is 18.0 Å². The highest BCUT2D eigenvalue weighted by Crippen LogP contribution is 2.28. The smallest absolute Gasteiger partial charge is 0.0512 e. The van der Waals surface area contributed by atoms with Crippen LogP contribution < -0.4 is 4.90 Å². The van der Waals surface area contributed by atoms with E-state index in [-0.39, 0.29) is 6.10 Å². The number of anilines is 1. The van der Waals surface area contributed by atoms with Crippen LogP contribution in [-0.4, -0.2) is 24.3 Å². The SMILES string of the molecule is CC(O)CCC1CCN(c2cccc(Br)c2)C1. The van der Waals surface area contributed by atoms with Gasteiger partial charge in [-0.3, -0.25) is 0 Å². The molecule has 0 aliphatic carbocycles. The van der Waals surface area contributed by atoms with Gasteiger partial charge >= 0.3 is 0 Å². The van der Waals surface area contributed by atoms with E-state index in [1.807, 2.05) is 6.92 Å². The van der Waals surface area contributed by atoms with Gasteiger partial charge in [0.05, 0.1) is 6.10 Å². The number of aliphatic hydroxyl groups is 1. The lowest BCUT2D eigenvalue weighted by Gasteiger charge is -2.19. The van der Waals surface area contributed by atoms with Crippen molar-refractivity contribution in [2.24, 2.45) is 5.92 Å². The first-order valence-electron chi connectivity index (χ1n) is 6.33. The van der Waals surface area contributed by atoms with Gasteiger partial charge in [0.15, 0.2) is 0 Å². The van der Waals surface area contributed by atoms with Gasteiger partial charge < -0.3 is 10.0 Å². The van der Waals surface area contributed by atoms with E-state index >= 15 is 0 Å². The first-order valence-corrected chi connectivity index (χ1v) is 7.13. The van der Waals surface area contributed by atoms with Gasteiger partial charge in [-0.15, -0.1) is 0 Å². The molecule has 2 atom stereocenters. The van der Waals surface area contributed by atoms with Crippen LogP contribution in [0.15, 0.2) is 28.7 Å². The van der Waals surface area contributed by atoms with Crippen molar-refractivity contribution in [1.29, 1.82) is 0 Å². The Labute approximate surface area is 112 Å². The number of benzene rings is 1.